The number of nitrogens with two attached hydrogens (primary N) is 1. The summed E-state index contributed by atoms with van der Waals surface area (Å²) in [7, 11) is 2.44. The van der Waals surface area contributed by atoms with E-state index in [1.165, 1.54) is 40.2 Å². The standard InChI is InChI=1S/C22H22N2O6S.C21H20N2O9.C5H7NS/c1-13-20(22(27)28-2)16(9-19(25)23-10-15-4-3-7-31-15)21(26)24(13)11-14-5-6-17-18(8-14)30-12-29-17;1-11-19(21(28)29-2)13(8-18(26)32-23-16(24)5-6-17(23)25)20(27)22(11)9-12-3-4-14-15(7-12)31-10-30-14;6-4-5-2-1-3-7-5/h3-8,16H,9-12H2,1-2H3,(H,23,25);3-4,7,13H,5-6,8-10H2,1-2H3;1-3H,4,6H2. The van der Waals surface area contributed by atoms with Gasteiger partial charge in [0.1, 0.15) is 0 Å². The minimum absolute atomic E-state index is 0.0225. The molecular formula is C48H49N5O15S2. The van der Waals surface area contributed by atoms with Crippen LogP contribution < -0.4 is 30.0 Å². The molecular weight excluding hydrogens is 951 g/mol. The number of hydrogen-bond acceptors (Lipinski definition) is 18. The summed E-state index contributed by atoms with van der Waals surface area (Å²) in [6, 6.07) is 18.5. The van der Waals surface area contributed by atoms with Crippen LogP contribution in [0.2, 0.25) is 0 Å². The summed E-state index contributed by atoms with van der Waals surface area (Å²) < 4.78 is 31.1. The Bertz CT molecular complexity index is 2720. The number of nitrogens with one attached hydrogen (secondary N) is 1. The third-order valence-electron chi connectivity index (χ3n) is 11.6. The first-order valence-corrected chi connectivity index (χ1v) is 23.5. The van der Waals surface area contributed by atoms with Crippen molar-refractivity contribution in [2.24, 2.45) is 17.6 Å². The number of methoxy groups -OCH3 is 2. The van der Waals surface area contributed by atoms with Gasteiger partial charge < -0.3 is 54.1 Å². The monoisotopic (exact) mass is 999 g/mol. The molecule has 0 aliphatic carbocycles. The first-order valence-electron chi connectivity index (χ1n) is 21.8. The summed E-state index contributed by atoms with van der Waals surface area (Å²) in [5, 5.41) is 7.17. The van der Waals surface area contributed by atoms with Crippen LogP contribution in [0.15, 0.2) is 94.0 Å². The molecule has 0 saturated carbocycles. The summed E-state index contributed by atoms with van der Waals surface area (Å²) in [4.78, 5) is 109. The minimum Gasteiger partial charge on any atom is -0.466 e. The second-order valence-corrected chi connectivity index (χ2v) is 18.0. The lowest BCUT2D eigenvalue weighted by molar-refractivity contribution is -0.198. The van der Waals surface area contributed by atoms with Crippen LogP contribution >= 0.6 is 22.7 Å². The Hall–Kier alpha value is -7.56. The molecule has 7 heterocycles. The molecule has 0 spiro atoms. The van der Waals surface area contributed by atoms with Crippen LogP contribution in [0.3, 0.4) is 0 Å². The molecule has 20 nitrogen and oxygen atoms in total. The molecule has 22 heteroatoms. The van der Waals surface area contributed by atoms with Gasteiger partial charge in [0.2, 0.25) is 31.3 Å². The third-order valence-corrected chi connectivity index (χ3v) is 13.3. The summed E-state index contributed by atoms with van der Waals surface area (Å²) in [6.45, 7) is 4.98. The van der Waals surface area contributed by atoms with Gasteiger partial charge in [-0.2, -0.15) is 0 Å². The molecule has 2 aromatic carbocycles. The summed E-state index contributed by atoms with van der Waals surface area (Å²) in [6.07, 6.45) is -0.757. The zero-order chi connectivity index (χ0) is 50.1. The van der Waals surface area contributed by atoms with Gasteiger partial charge in [0.05, 0.1) is 63.3 Å². The molecule has 1 fully saturated rings. The van der Waals surface area contributed by atoms with E-state index in [4.69, 9.17) is 39.0 Å². The molecule has 2 atom stereocenters. The lowest BCUT2D eigenvalue weighted by atomic mass is 9.96. The molecule has 0 radical (unpaired) electrons. The van der Waals surface area contributed by atoms with Gasteiger partial charge in [-0.15, -0.1) is 27.7 Å². The largest absolute Gasteiger partial charge is 0.466 e. The zero-order valence-corrected chi connectivity index (χ0v) is 40.1. The number of hydrogen-bond donors (Lipinski definition) is 2. The molecule has 3 N–H and O–H groups in total. The quantitative estimate of drug-likeness (QED) is 0.129. The van der Waals surface area contributed by atoms with Crippen LogP contribution in [0, 0.1) is 11.8 Å². The van der Waals surface area contributed by atoms with Crippen LogP contribution in [0.1, 0.15) is 60.4 Å². The summed E-state index contributed by atoms with van der Waals surface area (Å²) in [5.74, 6) is -4.36. The number of fused-ring (bicyclic) bond motifs is 2. The highest BCUT2D eigenvalue weighted by molar-refractivity contribution is 7.10. The number of carbonyl (C=O) groups is 8. The number of carbonyl (C=O) groups excluding carboxylic acids is 8. The molecule has 1 saturated heterocycles. The number of benzene rings is 2. The SMILES string of the molecule is COC(=O)C1=C(C)N(Cc2ccc3c(c2)OCO3)C(=O)C1CC(=O)NCc1cccs1.COC(=O)C1=C(C)N(Cc2ccc3c(c2)OCO3)C(=O)C1CC(=O)ON1C(=O)CCC1=O.NCc1cccs1. The number of esters is 2. The van der Waals surface area contributed by atoms with E-state index in [-0.39, 0.29) is 68.9 Å². The highest BCUT2D eigenvalue weighted by atomic mass is 32.1. The predicted octanol–water partition coefficient (Wildman–Crippen LogP) is 4.61. The van der Waals surface area contributed by atoms with Crippen LogP contribution in [0.5, 0.6) is 23.0 Å². The molecule has 9 rings (SSSR count). The Morgan fingerprint density at radius 1 is 0.671 bits per heavy atom. The number of allylic oxidation sites excluding steroid dienone is 2. The van der Waals surface area contributed by atoms with E-state index in [1.54, 1.807) is 49.4 Å². The van der Waals surface area contributed by atoms with Crippen molar-refractivity contribution in [3.63, 3.8) is 0 Å². The number of imide groups is 1. The molecule has 0 bridgehead atoms. The van der Waals surface area contributed by atoms with Gasteiger partial charge >= 0.3 is 17.9 Å². The second kappa shape index (κ2) is 22.7. The van der Waals surface area contributed by atoms with Gasteiger partial charge in [-0.1, -0.05) is 24.3 Å². The molecule has 4 aromatic rings. The smallest absolute Gasteiger partial charge is 0.336 e. The lowest BCUT2D eigenvalue weighted by Gasteiger charge is -2.19. The van der Waals surface area contributed by atoms with Crippen molar-refractivity contribution < 1.29 is 71.6 Å². The van der Waals surface area contributed by atoms with Crippen molar-refractivity contribution in [1.29, 1.82) is 0 Å². The number of hydroxylamine groups is 2. The number of amides is 5. The van der Waals surface area contributed by atoms with Crippen LogP contribution in [0.4, 0.5) is 0 Å². The minimum atomic E-state index is -1.17. The number of rotatable bonds is 14. The fourth-order valence-corrected chi connectivity index (χ4v) is 9.24. The fraction of sp³-hybridized carbons (Fsp3) is 0.333. The van der Waals surface area contributed by atoms with E-state index in [0.29, 0.717) is 52.5 Å². The maximum Gasteiger partial charge on any atom is 0.336 e. The van der Waals surface area contributed by atoms with E-state index >= 15 is 0 Å². The highest BCUT2D eigenvalue weighted by Crippen LogP contribution is 2.39. The van der Waals surface area contributed by atoms with Gasteiger partial charge in [-0.05, 0) is 72.1 Å². The topological polar surface area (TPSA) is 249 Å². The molecule has 70 heavy (non-hydrogen) atoms. The zero-order valence-electron chi connectivity index (χ0n) is 38.5. The van der Waals surface area contributed by atoms with Crippen LogP contribution in [0.25, 0.3) is 0 Å². The molecule has 2 unspecified atom stereocenters. The van der Waals surface area contributed by atoms with E-state index < -0.39 is 53.9 Å². The first kappa shape index (κ1) is 50.3. The highest BCUT2D eigenvalue weighted by Gasteiger charge is 2.45. The molecule has 5 aliphatic rings. The van der Waals surface area contributed by atoms with Crippen molar-refractivity contribution >= 4 is 70.1 Å². The van der Waals surface area contributed by atoms with Gasteiger partial charge in [0, 0.05) is 47.0 Å². The summed E-state index contributed by atoms with van der Waals surface area (Å²) in [5.41, 5.74) is 7.93. The van der Waals surface area contributed by atoms with Crippen molar-refractivity contribution in [3.8, 4) is 23.0 Å². The Morgan fingerprint density at radius 2 is 1.14 bits per heavy atom. The van der Waals surface area contributed by atoms with E-state index in [2.05, 4.69) is 5.32 Å². The van der Waals surface area contributed by atoms with E-state index in [0.717, 1.165) is 16.0 Å². The van der Waals surface area contributed by atoms with Gasteiger partial charge in [-0.25, -0.2) is 14.4 Å². The lowest BCUT2D eigenvalue weighted by Crippen LogP contribution is -2.34. The number of nitrogens with zero attached hydrogens (tertiary/aromatic N) is 3. The van der Waals surface area contributed by atoms with E-state index in [9.17, 15) is 38.4 Å². The second-order valence-electron chi connectivity index (χ2n) is 15.9. The Morgan fingerprint density at radius 3 is 1.59 bits per heavy atom. The predicted molar refractivity (Wildman–Crippen MR) is 247 cm³/mol. The Kier molecular flexibility index (Phi) is 16.3. The maximum absolute atomic E-state index is 13.2. The summed E-state index contributed by atoms with van der Waals surface area (Å²) >= 11 is 3.23. The number of thiophene rings is 2. The normalized spacial score (nSPS) is 17.6. The fourth-order valence-electron chi connectivity index (χ4n) is 8.01. The average Bonchev–Trinajstić information content (AvgIpc) is 4.25. The van der Waals surface area contributed by atoms with Crippen molar-refractivity contribution in [3.05, 3.63) is 115 Å². The van der Waals surface area contributed by atoms with Gasteiger partial charge in [-0.3, -0.25) is 24.0 Å². The number of ether oxygens (including phenoxy) is 6. The van der Waals surface area contributed by atoms with E-state index in [1.807, 2.05) is 47.2 Å². The Balaban J connectivity index is 0.000000181. The van der Waals surface area contributed by atoms with Gasteiger partial charge in [0.15, 0.2) is 23.0 Å². The van der Waals surface area contributed by atoms with Gasteiger partial charge in [0.25, 0.3) is 11.8 Å². The molecule has 368 valence electrons. The maximum atomic E-state index is 13.2. The first-order chi connectivity index (χ1) is 33.7. The average molecular weight is 1000 g/mol. The molecule has 5 aliphatic heterocycles. The van der Waals surface area contributed by atoms with Crippen molar-refractivity contribution in [1.82, 2.24) is 20.2 Å². The Labute approximate surface area is 409 Å². The van der Waals surface area contributed by atoms with Crippen LogP contribution in [-0.4, -0.2) is 90.1 Å². The molecule has 2 aromatic heterocycles. The van der Waals surface area contributed by atoms with Crippen molar-refractivity contribution in [2.75, 3.05) is 27.8 Å². The molecule has 5 amide bonds. The van der Waals surface area contributed by atoms with Crippen LogP contribution in [-0.2, 0) is 78.8 Å². The third kappa shape index (κ3) is 11.5. The van der Waals surface area contributed by atoms with Crippen molar-refractivity contribution in [2.45, 2.75) is 65.7 Å².